The fraction of sp³-hybridized carbons (Fsp3) is 0.273. The van der Waals surface area contributed by atoms with Crippen LogP contribution in [0.5, 0.6) is 0 Å². The third kappa shape index (κ3) is 2.82. The molecular weight excluding hydrogens is 234 g/mol. The molecule has 7 heteroatoms. The van der Waals surface area contributed by atoms with Gasteiger partial charge in [0, 0.05) is 38.6 Å². The van der Waals surface area contributed by atoms with Crippen LogP contribution in [-0.2, 0) is 13.5 Å². The number of aromatic carboxylic acids is 1. The molecule has 0 spiro atoms. The number of carbonyl (C=O) groups is 1. The van der Waals surface area contributed by atoms with Crippen molar-refractivity contribution in [2.75, 3.05) is 11.9 Å². The first-order valence-electron chi connectivity index (χ1n) is 5.43. The average Bonchev–Trinajstić information content (AvgIpc) is 2.75. The van der Waals surface area contributed by atoms with Gasteiger partial charge in [0.05, 0.1) is 5.69 Å². The van der Waals surface area contributed by atoms with Crippen LogP contribution in [0, 0.1) is 0 Å². The molecule has 2 N–H and O–H groups in total. The van der Waals surface area contributed by atoms with Gasteiger partial charge < -0.3 is 10.4 Å². The topological polar surface area (TPSA) is 92.9 Å². The van der Waals surface area contributed by atoms with Crippen molar-refractivity contribution in [2.45, 2.75) is 6.42 Å². The smallest absolute Gasteiger partial charge is 0.358 e. The number of aromatic nitrogens is 4. The van der Waals surface area contributed by atoms with Crippen molar-refractivity contribution in [3.05, 3.63) is 36.0 Å². The molecule has 0 atom stereocenters. The van der Waals surface area contributed by atoms with Crippen molar-refractivity contribution in [2.24, 2.45) is 7.05 Å². The molecule has 0 aliphatic carbocycles. The molecule has 2 aromatic rings. The van der Waals surface area contributed by atoms with Gasteiger partial charge in [0.25, 0.3) is 0 Å². The molecule has 2 rings (SSSR count). The number of hydrogen-bond donors (Lipinski definition) is 2. The van der Waals surface area contributed by atoms with Crippen molar-refractivity contribution in [3.8, 4) is 0 Å². The van der Waals surface area contributed by atoms with E-state index in [4.69, 9.17) is 5.11 Å². The van der Waals surface area contributed by atoms with Gasteiger partial charge in [-0.2, -0.15) is 5.10 Å². The Kier molecular flexibility index (Phi) is 3.52. The Hall–Kier alpha value is -2.44. The number of nitrogens with one attached hydrogen (secondary N) is 1. The Morgan fingerprint density at radius 1 is 1.44 bits per heavy atom. The largest absolute Gasteiger partial charge is 0.476 e. The summed E-state index contributed by atoms with van der Waals surface area (Å²) in [6.07, 6.45) is 5.36. The zero-order valence-corrected chi connectivity index (χ0v) is 9.87. The lowest BCUT2D eigenvalue weighted by Crippen LogP contribution is -2.12. The van der Waals surface area contributed by atoms with Crippen LogP contribution in [0.3, 0.4) is 0 Å². The Morgan fingerprint density at radius 2 is 2.22 bits per heavy atom. The third-order valence-electron chi connectivity index (χ3n) is 2.34. The third-order valence-corrected chi connectivity index (χ3v) is 2.34. The van der Waals surface area contributed by atoms with Crippen LogP contribution in [0.25, 0.3) is 0 Å². The highest BCUT2D eigenvalue weighted by Crippen LogP contribution is 2.08. The first kappa shape index (κ1) is 12.0. The van der Waals surface area contributed by atoms with Crippen molar-refractivity contribution in [1.82, 2.24) is 19.7 Å². The lowest BCUT2D eigenvalue weighted by molar-refractivity contribution is 0.0691. The van der Waals surface area contributed by atoms with E-state index in [2.05, 4.69) is 20.4 Å². The summed E-state index contributed by atoms with van der Waals surface area (Å²) in [5.41, 5.74) is 0.865. The normalized spacial score (nSPS) is 10.3. The summed E-state index contributed by atoms with van der Waals surface area (Å²) in [4.78, 5) is 18.6. The first-order valence-corrected chi connectivity index (χ1v) is 5.43. The highest BCUT2D eigenvalue weighted by Gasteiger charge is 2.11. The Morgan fingerprint density at radius 3 is 2.89 bits per heavy atom. The molecule has 18 heavy (non-hydrogen) atoms. The molecule has 0 aliphatic heterocycles. The maximum atomic E-state index is 10.9. The number of aryl methyl sites for hydroxylation is 1. The van der Waals surface area contributed by atoms with Crippen molar-refractivity contribution in [3.63, 3.8) is 0 Å². The van der Waals surface area contributed by atoms with Crippen LogP contribution >= 0.6 is 0 Å². The number of anilines is 1. The van der Waals surface area contributed by atoms with Crippen LogP contribution in [0.15, 0.2) is 24.7 Å². The van der Waals surface area contributed by atoms with Gasteiger partial charge in [-0.15, -0.1) is 0 Å². The number of rotatable bonds is 5. The minimum absolute atomic E-state index is 0.0708. The maximum absolute atomic E-state index is 10.9. The van der Waals surface area contributed by atoms with Crippen molar-refractivity contribution >= 4 is 11.8 Å². The van der Waals surface area contributed by atoms with E-state index in [1.165, 1.54) is 12.4 Å². The lowest BCUT2D eigenvalue weighted by atomic mass is 10.3. The molecule has 0 aromatic carbocycles. The minimum atomic E-state index is -1.09. The Labute approximate surface area is 104 Å². The molecule has 2 heterocycles. The number of carboxylic acids is 1. The summed E-state index contributed by atoms with van der Waals surface area (Å²) in [7, 11) is 1.85. The van der Waals surface area contributed by atoms with E-state index in [1.54, 1.807) is 4.68 Å². The lowest BCUT2D eigenvalue weighted by Gasteiger charge is -2.06. The number of carboxylic acid groups (broad SMARTS) is 1. The maximum Gasteiger partial charge on any atom is 0.358 e. The number of hydrogen-bond acceptors (Lipinski definition) is 5. The van der Waals surface area contributed by atoms with E-state index in [-0.39, 0.29) is 11.5 Å². The van der Waals surface area contributed by atoms with Gasteiger partial charge in [0.2, 0.25) is 0 Å². The van der Waals surface area contributed by atoms with Crippen LogP contribution in [-0.4, -0.2) is 37.4 Å². The molecule has 2 aromatic heterocycles. The summed E-state index contributed by atoms with van der Waals surface area (Å²) >= 11 is 0. The first-order chi connectivity index (χ1) is 8.66. The fourth-order valence-electron chi connectivity index (χ4n) is 1.53. The summed E-state index contributed by atoms with van der Waals surface area (Å²) in [6.45, 7) is 0.552. The zero-order chi connectivity index (χ0) is 13.0. The predicted octanol–water partition coefficient (Wildman–Crippen LogP) is 0.563. The Balaban J connectivity index is 1.96. The average molecular weight is 247 g/mol. The highest BCUT2D eigenvalue weighted by atomic mass is 16.4. The highest BCUT2D eigenvalue weighted by molar-refractivity contribution is 5.90. The summed E-state index contributed by atoms with van der Waals surface area (Å²) in [5.74, 6) is -0.815. The molecule has 0 amide bonds. The SMILES string of the molecule is Cn1ccc(CCNc2nccnc2C(=O)O)n1. The molecule has 7 nitrogen and oxygen atoms in total. The van der Waals surface area contributed by atoms with E-state index in [9.17, 15) is 4.79 Å². The van der Waals surface area contributed by atoms with Gasteiger partial charge in [-0.3, -0.25) is 4.68 Å². The predicted molar refractivity (Wildman–Crippen MR) is 64.4 cm³/mol. The van der Waals surface area contributed by atoms with Crippen molar-refractivity contribution < 1.29 is 9.90 Å². The second-order valence-electron chi connectivity index (χ2n) is 3.72. The van der Waals surface area contributed by atoms with Crippen LogP contribution in [0.2, 0.25) is 0 Å². The summed E-state index contributed by atoms with van der Waals surface area (Å²) in [6, 6.07) is 1.91. The van der Waals surface area contributed by atoms with Crippen molar-refractivity contribution in [1.29, 1.82) is 0 Å². The standard InChI is InChI=1S/C11H13N5O2/c1-16-7-3-8(15-16)2-4-13-10-9(11(17)18)12-5-6-14-10/h3,5-7H,2,4H2,1H3,(H,13,14)(H,17,18). The monoisotopic (exact) mass is 247 g/mol. The molecule has 0 unspecified atom stereocenters. The second-order valence-corrected chi connectivity index (χ2v) is 3.72. The summed E-state index contributed by atoms with van der Waals surface area (Å²) < 4.78 is 1.72. The fourth-order valence-corrected chi connectivity index (χ4v) is 1.53. The van der Waals surface area contributed by atoms with Gasteiger partial charge in [0.15, 0.2) is 11.5 Å². The van der Waals surface area contributed by atoms with Crippen LogP contribution < -0.4 is 5.32 Å². The van der Waals surface area contributed by atoms with Crippen LogP contribution in [0.4, 0.5) is 5.82 Å². The van der Waals surface area contributed by atoms with Gasteiger partial charge >= 0.3 is 5.97 Å². The second kappa shape index (κ2) is 5.26. The molecule has 94 valence electrons. The van der Waals surface area contributed by atoms with E-state index in [0.717, 1.165) is 5.69 Å². The molecular formula is C11H13N5O2. The molecule has 0 bridgehead atoms. The van der Waals surface area contributed by atoms with Gasteiger partial charge in [-0.05, 0) is 6.07 Å². The molecule has 0 fully saturated rings. The van der Waals surface area contributed by atoms with E-state index >= 15 is 0 Å². The van der Waals surface area contributed by atoms with E-state index in [1.807, 2.05) is 19.3 Å². The van der Waals surface area contributed by atoms with E-state index < -0.39 is 5.97 Å². The summed E-state index contributed by atoms with van der Waals surface area (Å²) in [5, 5.41) is 16.1. The van der Waals surface area contributed by atoms with E-state index in [0.29, 0.717) is 13.0 Å². The Bertz CT molecular complexity index is 552. The minimum Gasteiger partial charge on any atom is -0.476 e. The van der Waals surface area contributed by atoms with Gasteiger partial charge in [0.1, 0.15) is 0 Å². The molecule has 0 saturated heterocycles. The molecule has 0 aliphatic rings. The quantitative estimate of drug-likeness (QED) is 0.802. The zero-order valence-electron chi connectivity index (χ0n) is 9.87. The van der Waals surface area contributed by atoms with Gasteiger partial charge in [-0.25, -0.2) is 14.8 Å². The number of nitrogens with zero attached hydrogens (tertiary/aromatic N) is 4. The molecule has 0 radical (unpaired) electrons. The van der Waals surface area contributed by atoms with Crippen LogP contribution in [0.1, 0.15) is 16.2 Å². The van der Waals surface area contributed by atoms with Gasteiger partial charge in [-0.1, -0.05) is 0 Å². The molecule has 0 saturated carbocycles.